The molecule has 0 aliphatic carbocycles. The van der Waals surface area contributed by atoms with Gasteiger partial charge < -0.3 is 59.4 Å². The molecule has 1 aliphatic rings. The number of H-pyrrole nitrogens is 1. The van der Waals surface area contributed by atoms with Crippen LogP contribution in [0.3, 0.4) is 0 Å². The molecule has 14 N–H and O–H groups in total. The predicted octanol–water partition coefficient (Wildman–Crippen LogP) is 2.92. The Bertz CT molecular complexity index is 2910. The molecule has 1 saturated heterocycles. The van der Waals surface area contributed by atoms with E-state index in [1.807, 2.05) is 24.3 Å². The van der Waals surface area contributed by atoms with Gasteiger partial charge in [-0.1, -0.05) is 114 Å². The number of halogens is 2. The topological polar surface area (TPSA) is 328 Å². The second-order valence-corrected chi connectivity index (χ2v) is 23.8. The highest BCUT2D eigenvalue weighted by Crippen LogP contribution is 2.26. The van der Waals surface area contributed by atoms with Crippen molar-refractivity contribution in [3.63, 3.8) is 0 Å². The average molecular weight is 1160 g/mol. The van der Waals surface area contributed by atoms with Gasteiger partial charge in [0.1, 0.15) is 42.3 Å². The Hall–Kier alpha value is -6.69. The van der Waals surface area contributed by atoms with Crippen molar-refractivity contribution in [3.8, 4) is 0 Å². The molecule has 422 valence electrons. The van der Waals surface area contributed by atoms with Crippen LogP contribution in [0, 0.1) is 5.41 Å². The second kappa shape index (κ2) is 29.5. The molecule has 2 aromatic heterocycles. The van der Waals surface area contributed by atoms with E-state index in [1.54, 1.807) is 93.8 Å². The molecule has 8 amide bonds. The summed E-state index contributed by atoms with van der Waals surface area (Å²) in [5.41, 5.74) is 20.4. The van der Waals surface area contributed by atoms with E-state index in [-0.39, 0.29) is 50.2 Å². The number of rotatable bonds is 17. The van der Waals surface area contributed by atoms with E-state index < -0.39 is 101 Å². The quantitative estimate of drug-likeness (QED) is 0.0472. The number of primary amides is 1. The van der Waals surface area contributed by atoms with Crippen molar-refractivity contribution in [2.24, 2.45) is 22.6 Å². The van der Waals surface area contributed by atoms with E-state index in [1.165, 1.54) is 6.20 Å². The Labute approximate surface area is 476 Å². The zero-order valence-electron chi connectivity index (χ0n) is 44.0. The summed E-state index contributed by atoms with van der Waals surface area (Å²) in [5, 5.41) is 21.3. The number of nitrogens with zero attached hydrogens (tertiary/aromatic N) is 1. The van der Waals surface area contributed by atoms with Gasteiger partial charge in [-0.15, -0.1) is 0 Å². The summed E-state index contributed by atoms with van der Waals surface area (Å²) in [6, 6.07) is 13.7. The first-order valence-electron chi connectivity index (χ1n) is 25.7. The number of carbonyl (C=O) groups excluding carboxylic acids is 8. The van der Waals surface area contributed by atoms with Crippen molar-refractivity contribution in [2.45, 2.75) is 114 Å². The molecule has 1 aliphatic heterocycles. The molecule has 79 heavy (non-hydrogen) atoms. The zero-order valence-corrected chi connectivity index (χ0v) is 47.2. The van der Waals surface area contributed by atoms with E-state index in [2.05, 4.69) is 47.2 Å². The first-order chi connectivity index (χ1) is 37.7. The number of benzene rings is 3. The van der Waals surface area contributed by atoms with Gasteiger partial charge in [0.05, 0.1) is 6.04 Å². The summed E-state index contributed by atoms with van der Waals surface area (Å²) in [5.74, 6) is -6.52. The number of hydrogen-bond donors (Lipinski definition) is 11. The number of nitrogens with one attached hydrogen (secondary N) is 8. The minimum absolute atomic E-state index is 0.0160. The molecule has 24 heteroatoms. The highest BCUT2D eigenvalue weighted by atomic mass is 35.5. The van der Waals surface area contributed by atoms with Gasteiger partial charge in [0.25, 0.3) is 0 Å². The molecular weight excluding hydrogens is 1090 g/mol. The van der Waals surface area contributed by atoms with Crippen LogP contribution in [0.5, 0.6) is 0 Å². The Kier molecular flexibility index (Phi) is 23.0. The Morgan fingerprint density at radius 1 is 0.709 bits per heavy atom. The third kappa shape index (κ3) is 18.7. The third-order valence-electron chi connectivity index (χ3n) is 13.1. The smallest absolute Gasteiger partial charge is 0.244 e. The maximum atomic E-state index is 14.9. The van der Waals surface area contributed by atoms with Gasteiger partial charge in [-0.3, -0.25) is 43.3 Å². The minimum Gasteiger partial charge on any atom is -0.368 e. The maximum Gasteiger partial charge on any atom is 0.244 e. The normalized spacial score (nSPS) is 21.0. The molecule has 0 unspecified atom stereocenters. The third-order valence-corrected chi connectivity index (χ3v) is 16.0. The number of aromatic amines is 1. The largest absolute Gasteiger partial charge is 0.368 e. The zero-order chi connectivity index (χ0) is 57.2. The Morgan fingerprint density at radius 3 is 1.95 bits per heavy atom. The van der Waals surface area contributed by atoms with Crippen LogP contribution in [0.4, 0.5) is 0 Å². The molecule has 0 bridgehead atoms. The number of amides is 8. The van der Waals surface area contributed by atoms with Crippen molar-refractivity contribution in [3.05, 3.63) is 136 Å². The lowest BCUT2D eigenvalue weighted by molar-refractivity contribution is -0.136. The lowest BCUT2D eigenvalue weighted by Gasteiger charge is -2.33. The molecule has 20 nitrogen and oxygen atoms in total. The standard InChI is InChI=1S/C55H68Cl2N12O8S2/c1-55(2,3)46-54(77)68-45(52(75)64-41(47(60)70)24-32-15-19-36(57)20-16-32)30-79-78-29-44(67-48(71)38(59)23-31-13-17-35(56)18-14-31)53(76)65-42(25-33-9-8-22-61-27-33)50(73)66-43(26-34-28-62-39-11-5-4-10-37(34)39)51(74)63-40(49(72)69-46)12-6-7-21-58/h4-5,8-11,13-20,22,27-28,38,40-46,62H,6-7,12,21,23-26,29-30,58-59H2,1-3H3,(H2,60,70)(H,63,74)(H,64,75)(H,65,76)(H,66,73)(H,67,71)(H,68,77)(H,69,72)/t38-,40-,41-,42-,43+,44+,45-,46+/m0/s1. The second-order valence-electron chi connectivity index (χ2n) is 20.3. The van der Waals surface area contributed by atoms with Crippen molar-refractivity contribution >= 4 is 103 Å². The predicted molar refractivity (Wildman–Crippen MR) is 308 cm³/mol. The van der Waals surface area contributed by atoms with Gasteiger partial charge in [0, 0.05) is 70.3 Å². The van der Waals surface area contributed by atoms with Crippen LogP contribution < -0.4 is 54.4 Å². The number of hydrogen-bond acceptors (Lipinski definition) is 13. The van der Waals surface area contributed by atoms with E-state index in [0.29, 0.717) is 45.1 Å². The number of fused-ring (bicyclic) bond motifs is 1. The first kappa shape index (κ1) is 61.5. The van der Waals surface area contributed by atoms with Crippen LogP contribution in [0.2, 0.25) is 10.0 Å². The Balaban J connectivity index is 1.40. The molecule has 5 aromatic rings. The summed E-state index contributed by atoms with van der Waals surface area (Å²) in [4.78, 5) is 122. The van der Waals surface area contributed by atoms with Crippen molar-refractivity contribution in [1.29, 1.82) is 0 Å². The fraction of sp³-hybridized carbons (Fsp3) is 0.400. The molecular formula is C55H68Cl2N12O8S2. The van der Waals surface area contributed by atoms with Gasteiger partial charge >= 0.3 is 0 Å². The van der Waals surface area contributed by atoms with E-state index in [0.717, 1.165) is 32.5 Å². The fourth-order valence-corrected chi connectivity index (χ4v) is 11.2. The van der Waals surface area contributed by atoms with E-state index >= 15 is 0 Å². The van der Waals surface area contributed by atoms with E-state index in [9.17, 15) is 38.4 Å². The summed E-state index contributed by atoms with van der Waals surface area (Å²) in [6.45, 7) is 5.42. The number of carbonyl (C=O) groups is 8. The molecule has 3 heterocycles. The molecule has 0 radical (unpaired) electrons. The lowest BCUT2D eigenvalue weighted by atomic mass is 9.85. The van der Waals surface area contributed by atoms with Gasteiger partial charge in [-0.2, -0.15) is 0 Å². The Morgan fingerprint density at radius 2 is 1.32 bits per heavy atom. The summed E-state index contributed by atoms with van der Waals surface area (Å²) in [7, 11) is 2.11. The van der Waals surface area contributed by atoms with Gasteiger partial charge in [-0.25, -0.2) is 0 Å². The number of aromatic nitrogens is 2. The molecule has 0 saturated carbocycles. The number of para-hydroxylation sites is 1. The number of pyridine rings is 1. The number of unbranched alkanes of at least 4 members (excludes halogenated alkanes) is 1. The first-order valence-corrected chi connectivity index (χ1v) is 29.0. The highest BCUT2D eigenvalue weighted by molar-refractivity contribution is 8.76. The lowest BCUT2D eigenvalue weighted by Crippen LogP contribution is -2.63. The average Bonchev–Trinajstić information content (AvgIpc) is 3.86. The molecule has 0 spiro atoms. The summed E-state index contributed by atoms with van der Waals surface area (Å²) in [6.07, 6.45) is 5.63. The highest BCUT2D eigenvalue weighted by Gasteiger charge is 2.39. The van der Waals surface area contributed by atoms with Crippen molar-refractivity contribution in [1.82, 2.24) is 47.2 Å². The van der Waals surface area contributed by atoms with Crippen LogP contribution in [0.25, 0.3) is 10.9 Å². The molecule has 6 rings (SSSR count). The van der Waals surface area contributed by atoms with Crippen LogP contribution in [0.15, 0.2) is 104 Å². The molecule has 1 fully saturated rings. The molecule has 8 atom stereocenters. The van der Waals surface area contributed by atoms with Crippen LogP contribution in [0.1, 0.15) is 62.3 Å². The summed E-state index contributed by atoms with van der Waals surface area (Å²) < 4.78 is 0. The fourth-order valence-electron chi connectivity index (χ4n) is 8.64. The van der Waals surface area contributed by atoms with Crippen LogP contribution in [-0.2, 0) is 64.0 Å². The number of nitrogens with two attached hydrogens (primary N) is 3. The van der Waals surface area contributed by atoms with Gasteiger partial charge in [0.2, 0.25) is 47.3 Å². The van der Waals surface area contributed by atoms with Crippen molar-refractivity contribution < 1.29 is 38.4 Å². The molecule has 3 aromatic carbocycles. The maximum absolute atomic E-state index is 14.9. The van der Waals surface area contributed by atoms with Crippen LogP contribution in [-0.4, -0.2) is 124 Å². The van der Waals surface area contributed by atoms with Gasteiger partial charge in [-0.05, 0) is 96.3 Å². The summed E-state index contributed by atoms with van der Waals surface area (Å²) >= 11 is 12.2. The van der Waals surface area contributed by atoms with Gasteiger partial charge in [0.15, 0.2) is 0 Å². The van der Waals surface area contributed by atoms with Crippen molar-refractivity contribution in [2.75, 3.05) is 18.1 Å². The van der Waals surface area contributed by atoms with E-state index in [4.69, 9.17) is 40.4 Å². The monoisotopic (exact) mass is 1160 g/mol. The van der Waals surface area contributed by atoms with Crippen LogP contribution >= 0.6 is 44.8 Å². The minimum atomic E-state index is -1.39. The SMILES string of the molecule is CC(C)(C)[C@@H]1NC(=O)[C@H](CCCCN)NC(=O)[C@@H](Cc2c[nH]c3ccccc23)NC(=O)[C@H](Cc2cccnc2)NC(=O)[C@H](NC(=O)[C@@H](N)Cc2ccc(Cl)cc2)CSSC[C@@H](C(=O)N[C@@H](Cc2ccc(Cl)cc2)C(N)=O)NC1=O.